The molecule has 1 N–H and O–H groups in total. The number of hydrogen-bond donors (Lipinski definition) is 1. The van der Waals surface area contributed by atoms with Gasteiger partial charge in [-0.1, -0.05) is 32.6 Å². The Morgan fingerprint density at radius 2 is 2.00 bits per heavy atom. The molecule has 0 amide bonds. The number of carboxylic acids is 1. The molecule has 1 aliphatic heterocycles. The summed E-state index contributed by atoms with van der Waals surface area (Å²) >= 11 is 0. The van der Waals surface area contributed by atoms with E-state index in [1.54, 1.807) is 6.92 Å². The van der Waals surface area contributed by atoms with Gasteiger partial charge in [0, 0.05) is 31.6 Å². The molecule has 4 atom stereocenters. The zero-order chi connectivity index (χ0) is 20.8. The van der Waals surface area contributed by atoms with Gasteiger partial charge in [-0.25, -0.2) is 8.78 Å². The van der Waals surface area contributed by atoms with Gasteiger partial charge in [0.15, 0.2) is 0 Å². The minimum absolute atomic E-state index is 0.0131. The summed E-state index contributed by atoms with van der Waals surface area (Å²) in [6, 6.07) is 0. The van der Waals surface area contributed by atoms with Crippen molar-refractivity contribution < 1.29 is 28.2 Å². The van der Waals surface area contributed by atoms with Gasteiger partial charge in [-0.3, -0.25) is 9.59 Å². The highest BCUT2D eigenvalue weighted by molar-refractivity contribution is 5.84. The number of rotatable bonds is 12. The fraction of sp³-hybridized carbons (Fsp3) is 0.900. The Morgan fingerprint density at radius 1 is 1.29 bits per heavy atom. The lowest BCUT2D eigenvalue weighted by Gasteiger charge is -2.42. The lowest BCUT2D eigenvalue weighted by atomic mass is 9.80. The molecule has 1 saturated carbocycles. The van der Waals surface area contributed by atoms with Crippen LogP contribution in [-0.4, -0.2) is 34.6 Å². The Labute approximate surface area is 164 Å². The summed E-state index contributed by atoms with van der Waals surface area (Å²) in [4.78, 5) is 34.3. The molecule has 160 valence electrons. The van der Waals surface area contributed by atoms with Crippen molar-refractivity contribution in [2.45, 2.75) is 102 Å². The number of ether oxygens (including phenoxy) is 1. The molecule has 28 heavy (non-hydrogen) atoms. The van der Waals surface area contributed by atoms with Crippen molar-refractivity contribution in [1.29, 1.82) is 0 Å². The molecule has 0 aromatic heterocycles. The SMILES string of the molecule is CCCCC(F)(F)[C@@]1(N=O)CC[C@H]2[C@@H](CC(=O)[C@@H]2CCCCCCC(=O)O)O1. The van der Waals surface area contributed by atoms with Crippen LogP contribution >= 0.6 is 0 Å². The van der Waals surface area contributed by atoms with Gasteiger partial charge in [0.1, 0.15) is 5.78 Å². The topological polar surface area (TPSA) is 93.0 Å². The molecule has 2 aliphatic rings. The van der Waals surface area contributed by atoms with Crippen LogP contribution < -0.4 is 0 Å². The zero-order valence-electron chi connectivity index (χ0n) is 16.5. The van der Waals surface area contributed by atoms with Crippen LogP contribution in [0.3, 0.4) is 0 Å². The number of carbonyl (C=O) groups excluding carboxylic acids is 1. The second-order valence-corrected chi connectivity index (χ2v) is 8.17. The Balaban J connectivity index is 1.90. The van der Waals surface area contributed by atoms with Crippen molar-refractivity contribution >= 4 is 11.8 Å². The molecule has 0 unspecified atom stereocenters. The van der Waals surface area contributed by atoms with Crippen molar-refractivity contribution in [3.8, 4) is 0 Å². The quantitative estimate of drug-likeness (QED) is 0.362. The Bertz CT molecular complexity index is 571. The number of ketones is 1. The largest absolute Gasteiger partial charge is 0.481 e. The number of hydrogen-bond acceptors (Lipinski definition) is 5. The molecule has 1 aliphatic carbocycles. The summed E-state index contributed by atoms with van der Waals surface area (Å²) in [5, 5.41) is 11.4. The van der Waals surface area contributed by atoms with E-state index in [1.807, 2.05) is 0 Å². The van der Waals surface area contributed by atoms with Crippen LogP contribution in [0.15, 0.2) is 5.18 Å². The lowest BCUT2D eigenvalue weighted by molar-refractivity contribution is -0.257. The maximum atomic E-state index is 14.6. The summed E-state index contributed by atoms with van der Waals surface area (Å²) in [6.45, 7) is 1.80. The molecule has 1 heterocycles. The Kier molecular flexibility index (Phi) is 8.04. The van der Waals surface area contributed by atoms with E-state index in [9.17, 15) is 23.3 Å². The van der Waals surface area contributed by atoms with Crippen LogP contribution in [0.2, 0.25) is 0 Å². The molecule has 0 spiro atoms. The van der Waals surface area contributed by atoms with Gasteiger partial charge in [-0.15, -0.1) is 4.91 Å². The number of fused-ring (bicyclic) bond motifs is 1. The minimum Gasteiger partial charge on any atom is -0.481 e. The summed E-state index contributed by atoms with van der Waals surface area (Å²) in [5.74, 6) is -4.49. The van der Waals surface area contributed by atoms with Crippen LogP contribution in [0.1, 0.15) is 84.0 Å². The second-order valence-electron chi connectivity index (χ2n) is 8.17. The van der Waals surface area contributed by atoms with Crippen molar-refractivity contribution in [3.63, 3.8) is 0 Å². The summed E-state index contributed by atoms with van der Waals surface area (Å²) in [5.41, 5.74) is -2.35. The molecule has 1 saturated heterocycles. The first-order chi connectivity index (χ1) is 13.3. The van der Waals surface area contributed by atoms with E-state index in [0.717, 1.165) is 19.3 Å². The lowest BCUT2D eigenvalue weighted by Crippen LogP contribution is -2.54. The number of halogens is 2. The van der Waals surface area contributed by atoms with Gasteiger partial charge in [0.25, 0.3) is 11.6 Å². The van der Waals surface area contributed by atoms with E-state index in [0.29, 0.717) is 25.7 Å². The normalized spacial score (nSPS) is 30.2. The van der Waals surface area contributed by atoms with Gasteiger partial charge >= 0.3 is 5.97 Å². The second kappa shape index (κ2) is 9.85. The van der Waals surface area contributed by atoms with E-state index in [2.05, 4.69) is 5.18 Å². The average molecular weight is 403 g/mol. The number of unbranched alkanes of at least 4 members (excludes halogenated alkanes) is 4. The third-order valence-corrected chi connectivity index (χ3v) is 6.19. The van der Waals surface area contributed by atoms with Crippen molar-refractivity contribution in [3.05, 3.63) is 4.91 Å². The third kappa shape index (κ3) is 5.13. The molecule has 0 radical (unpaired) electrons. The van der Waals surface area contributed by atoms with Gasteiger partial charge < -0.3 is 9.84 Å². The van der Waals surface area contributed by atoms with E-state index >= 15 is 0 Å². The number of nitroso groups, excluding NO2 is 1. The molecule has 8 heteroatoms. The number of nitrogens with zero attached hydrogens (tertiary/aromatic N) is 1. The standard InChI is InChI=1S/C20H31F2NO5/c1-2-3-11-19(21,22)20(23-27)12-10-15-14(16(24)13-17(15)28-20)8-6-4-5-7-9-18(25)26/h14-15,17H,2-13H2,1H3,(H,25,26)/t14-,15-,17-,20-/m1/s1. The Morgan fingerprint density at radius 3 is 2.64 bits per heavy atom. The monoisotopic (exact) mass is 403 g/mol. The van der Waals surface area contributed by atoms with E-state index in [4.69, 9.17) is 9.84 Å². The highest BCUT2D eigenvalue weighted by atomic mass is 19.3. The predicted octanol–water partition coefficient (Wildman–Crippen LogP) is 5.08. The van der Waals surface area contributed by atoms with Crippen LogP contribution in [0.5, 0.6) is 0 Å². The maximum Gasteiger partial charge on any atom is 0.303 e. The van der Waals surface area contributed by atoms with E-state index < -0.39 is 30.1 Å². The molecule has 0 aromatic carbocycles. The van der Waals surface area contributed by atoms with E-state index in [1.165, 1.54) is 0 Å². The number of Topliss-reactive ketones (excluding diaryl/α,β-unsaturated/α-hetero) is 1. The zero-order valence-corrected chi connectivity index (χ0v) is 16.5. The molecular weight excluding hydrogens is 372 g/mol. The van der Waals surface area contributed by atoms with Crippen molar-refractivity contribution in [2.75, 3.05) is 0 Å². The average Bonchev–Trinajstić information content (AvgIpc) is 2.96. The van der Waals surface area contributed by atoms with Crippen molar-refractivity contribution in [1.82, 2.24) is 0 Å². The molecule has 2 rings (SSSR count). The smallest absolute Gasteiger partial charge is 0.303 e. The first-order valence-corrected chi connectivity index (χ1v) is 10.4. The summed E-state index contributed by atoms with van der Waals surface area (Å²) in [6.07, 6.45) is 3.85. The molecule has 0 aromatic rings. The number of carbonyl (C=O) groups is 2. The minimum atomic E-state index is -3.33. The molecule has 6 nitrogen and oxygen atoms in total. The fourth-order valence-corrected chi connectivity index (χ4v) is 4.55. The highest BCUT2D eigenvalue weighted by Gasteiger charge is 2.62. The van der Waals surface area contributed by atoms with Crippen LogP contribution in [0.4, 0.5) is 8.78 Å². The van der Waals surface area contributed by atoms with Gasteiger partial charge in [0.05, 0.1) is 6.10 Å². The summed E-state index contributed by atoms with van der Waals surface area (Å²) < 4.78 is 34.8. The summed E-state index contributed by atoms with van der Waals surface area (Å²) in [7, 11) is 0. The molecular formula is C20H31F2NO5. The molecule has 2 fully saturated rings. The first kappa shape index (κ1) is 22.8. The van der Waals surface area contributed by atoms with E-state index in [-0.39, 0.29) is 43.3 Å². The van der Waals surface area contributed by atoms with Gasteiger partial charge in [-0.2, -0.15) is 0 Å². The third-order valence-electron chi connectivity index (χ3n) is 6.19. The van der Waals surface area contributed by atoms with Crippen LogP contribution in [-0.2, 0) is 14.3 Å². The maximum absolute atomic E-state index is 14.6. The predicted molar refractivity (Wildman–Crippen MR) is 99.0 cm³/mol. The number of carboxylic acid groups (broad SMARTS) is 1. The van der Waals surface area contributed by atoms with Crippen LogP contribution in [0, 0.1) is 16.7 Å². The van der Waals surface area contributed by atoms with Crippen molar-refractivity contribution in [2.24, 2.45) is 17.0 Å². The highest BCUT2D eigenvalue weighted by Crippen LogP contribution is 2.51. The fourth-order valence-electron chi connectivity index (χ4n) is 4.55. The van der Waals surface area contributed by atoms with Crippen LogP contribution in [0.25, 0.3) is 0 Å². The number of aliphatic carboxylic acids is 1. The van der Waals surface area contributed by atoms with Gasteiger partial charge in [0.2, 0.25) is 0 Å². The Hall–Kier alpha value is -1.44. The van der Waals surface area contributed by atoms with Gasteiger partial charge in [-0.05, 0) is 36.8 Å². The number of alkyl halides is 2. The molecule has 0 bridgehead atoms. The first-order valence-electron chi connectivity index (χ1n) is 10.4.